The molecule has 1 atom stereocenters. The number of nitrogens with two attached hydrogens (primary N) is 1. The van der Waals surface area contributed by atoms with Crippen LogP contribution in [0.4, 0.5) is 0 Å². The van der Waals surface area contributed by atoms with Crippen LogP contribution in [0.25, 0.3) is 0 Å². The van der Waals surface area contributed by atoms with Gasteiger partial charge in [0, 0.05) is 13.1 Å². The van der Waals surface area contributed by atoms with Crippen molar-refractivity contribution < 1.29 is 9.53 Å². The lowest BCUT2D eigenvalue weighted by atomic mass is 10.1. The van der Waals surface area contributed by atoms with Crippen LogP contribution in [0.3, 0.4) is 0 Å². The second-order valence-electron chi connectivity index (χ2n) is 3.86. The van der Waals surface area contributed by atoms with Gasteiger partial charge in [0.25, 0.3) is 0 Å². The minimum atomic E-state index is -0.509. The minimum Gasteiger partial charge on any atom is -0.465 e. The van der Waals surface area contributed by atoms with Crippen LogP contribution in [0.5, 0.6) is 0 Å². The Morgan fingerprint density at radius 2 is 1.94 bits per heavy atom. The Bertz CT molecular complexity index is 204. The van der Waals surface area contributed by atoms with Gasteiger partial charge >= 0.3 is 5.97 Å². The lowest BCUT2D eigenvalue weighted by Crippen LogP contribution is -2.32. The average Bonchev–Trinajstić information content (AvgIpc) is 2.35. The van der Waals surface area contributed by atoms with Crippen molar-refractivity contribution in [3.05, 3.63) is 39.8 Å². The molecule has 2 N–H and O–H groups in total. The van der Waals surface area contributed by atoms with E-state index in [-0.39, 0.29) is 5.97 Å². The molecule has 102 valence electrons. The number of rotatable bonds is 11. The summed E-state index contributed by atoms with van der Waals surface area (Å²) in [7, 11) is 0. The highest BCUT2D eigenvalue weighted by molar-refractivity contribution is 5.75. The molecule has 4 nitrogen and oxygen atoms in total. The molecule has 0 spiro atoms. The fourth-order valence-electron chi connectivity index (χ4n) is 1.50. The third-order valence-electron chi connectivity index (χ3n) is 2.36. The zero-order chi connectivity index (χ0) is 13.8. The molecular formula is C14H24N2O2. The van der Waals surface area contributed by atoms with Gasteiger partial charge in [-0.1, -0.05) is 6.42 Å². The van der Waals surface area contributed by atoms with E-state index in [0.29, 0.717) is 13.0 Å². The Hall–Kier alpha value is -0.610. The molecule has 0 aromatic rings. The van der Waals surface area contributed by atoms with Crippen LogP contribution in [0, 0.1) is 39.8 Å². The van der Waals surface area contributed by atoms with Gasteiger partial charge in [-0.05, 0) is 53.0 Å². The van der Waals surface area contributed by atoms with Crippen molar-refractivity contribution in [3.8, 4) is 0 Å². The van der Waals surface area contributed by atoms with E-state index in [9.17, 15) is 4.79 Å². The number of carbonyl (C=O) groups is 1. The van der Waals surface area contributed by atoms with Crippen molar-refractivity contribution in [2.45, 2.75) is 32.2 Å². The lowest BCUT2D eigenvalue weighted by Gasteiger charge is -2.19. The molecule has 18 heavy (non-hydrogen) atoms. The molecule has 0 amide bonds. The highest BCUT2D eigenvalue weighted by atomic mass is 16.5. The third-order valence-corrected chi connectivity index (χ3v) is 2.36. The largest absolute Gasteiger partial charge is 0.465 e. The van der Waals surface area contributed by atoms with Crippen LogP contribution in [0.1, 0.15) is 26.2 Å². The second-order valence-corrected chi connectivity index (χ2v) is 3.86. The van der Waals surface area contributed by atoms with E-state index in [1.165, 1.54) is 0 Å². The second kappa shape index (κ2) is 11.5. The van der Waals surface area contributed by atoms with Crippen LogP contribution >= 0.6 is 0 Å². The molecule has 0 aromatic heterocycles. The summed E-state index contributed by atoms with van der Waals surface area (Å²) in [4.78, 5) is 13.3. The van der Waals surface area contributed by atoms with E-state index in [4.69, 9.17) is 10.5 Å². The summed E-state index contributed by atoms with van der Waals surface area (Å²) in [6, 6.07) is -0.509. The Kier molecular flexibility index (Phi) is 11.1. The summed E-state index contributed by atoms with van der Waals surface area (Å²) in [5.74, 6) is -0.315. The number of esters is 1. The van der Waals surface area contributed by atoms with E-state index in [1.54, 1.807) is 19.8 Å². The number of unbranched alkanes of at least 4 members (excludes halogenated alkanes) is 1. The normalized spacial score (nSPS) is 12.7. The minimum absolute atomic E-state index is 0.315. The zero-order valence-electron chi connectivity index (χ0n) is 11.2. The number of carbonyl (C=O) groups excluding carboxylic acids is 1. The van der Waals surface area contributed by atoms with Gasteiger partial charge in [0.15, 0.2) is 0 Å². The van der Waals surface area contributed by atoms with E-state index < -0.39 is 6.04 Å². The van der Waals surface area contributed by atoms with Crippen LogP contribution in [0.2, 0.25) is 0 Å². The third kappa shape index (κ3) is 8.48. The first-order valence-corrected chi connectivity index (χ1v) is 6.25. The van der Waals surface area contributed by atoms with Crippen molar-refractivity contribution in [1.82, 2.24) is 4.90 Å². The van der Waals surface area contributed by atoms with Gasteiger partial charge in [-0.25, -0.2) is 0 Å². The van der Waals surface area contributed by atoms with Gasteiger partial charge in [0.2, 0.25) is 0 Å². The van der Waals surface area contributed by atoms with Crippen molar-refractivity contribution >= 4 is 5.97 Å². The Balaban J connectivity index is 3.66. The summed E-state index contributed by atoms with van der Waals surface area (Å²) in [6.45, 7) is 14.1. The van der Waals surface area contributed by atoms with Gasteiger partial charge in [-0.2, -0.15) is 0 Å². The topological polar surface area (TPSA) is 55.6 Å². The first-order valence-electron chi connectivity index (χ1n) is 6.25. The van der Waals surface area contributed by atoms with Gasteiger partial charge in [-0.3, -0.25) is 9.69 Å². The molecule has 1 unspecified atom stereocenters. The SMILES string of the molecule is [CH2][CH][CH]N([CH][CH][CH2])CCCCC(N)C(=O)OCC. The zero-order valence-corrected chi connectivity index (χ0v) is 11.2. The highest BCUT2D eigenvalue weighted by Gasteiger charge is 2.13. The molecule has 0 saturated carbocycles. The molecule has 0 bridgehead atoms. The van der Waals surface area contributed by atoms with E-state index >= 15 is 0 Å². The molecule has 0 heterocycles. The van der Waals surface area contributed by atoms with Crippen molar-refractivity contribution in [2.24, 2.45) is 5.73 Å². The molecular weight excluding hydrogens is 228 g/mol. The average molecular weight is 252 g/mol. The first kappa shape index (κ1) is 17.4. The summed E-state index contributed by atoms with van der Waals surface area (Å²) in [5, 5.41) is 0. The fraction of sp³-hybridized carbons (Fsp3) is 0.500. The molecule has 4 heteroatoms. The predicted molar refractivity (Wildman–Crippen MR) is 73.1 cm³/mol. The van der Waals surface area contributed by atoms with Crippen LogP contribution in [-0.4, -0.2) is 30.1 Å². The summed E-state index contributed by atoms with van der Waals surface area (Å²) in [5.41, 5.74) is 5.70. The monoisotopic (exact) mass is 252 g/mol. The quantitative estimate of drug-likeness (QED) is 0.449. The Labute approximate surface area is 112 Å². The summed E-state index contributed by atoms with van der Waals surface area (Å²) < 4.78 is 4.85. The molecule has 0 fully saturated rings. The van der Waals surface area contributed by atoms with Gasteiger partial charge in [0.05, 0.1) is 6.61 Å². The lowest BCUT2D eigenvalue weighted by molar-refractivity contribution is -0.144. The van der Waals surface area contributed by atoms with Crippen LogP contribution < -0.4 is 5.73 Å². The predicted octanol–water partition coefficient (Wildman–Crippen LogP) is 1.75. The summed E-state index contributed by atoms with van der Waals surface area (Å²) >= 11 is 0. The van der Waals surface area contributed by atoms with Crippen LogP contribution in [0.15, 0.2) is 0 Å². The number of hydrogen-bond donors (Lipinski definition) is 1. The van der Waals surface area contributed by atoms with Gasteiger partial charge < -0.3 is 10.5 Å². The molecule has 6 radical (unpaired) electrons. The van der Waals surface area contributed by atoms with E-state index in [0.717, 1.165) is 19.4 Å². The van der Waals surface area contributed by atoms with E-state index in [1.807, 2.05) is 18.0 Å². The van der Waals surface area contributed by atoms with Crippen molar-refractivity contribution in [2.75, 3.05) is 13.2 Å². The summed E-state index contributed by atoms with van der Waals surface area (Å²) in [6.07, 6.45) is 5.93. The van der Waals surface area contributed by atoms with Crippen molar-refractivity contribution in [1.29, 1.82) is 0 Å². The Morgan fingerprint density at radius 1 is 1.33 bits per heavy atom. The maximum Gasteiger partial charge on any atom is 0.322 e. The molecule has 0 aliphatic carbocycles. The first-order chi connectivity index (χ1) is 8.65. The number of ether oxygens (including phenoxy) is 1. The molecule has 0 aromatic carbocycles. The Morgan fingerprint density at radius 3 is 2.44 bits per heavy atom. The highest BCUT2D eigenvalue weighted by Crippen LogP contribution is 2.07. The van der Waals surface area contributed by atoms with Gasteiger partial charge in [-0.15, -0.1) is 0 Å². The molecule has 0 rings (SSSR count). The maximum absolute atomic E-state index is 11.3. The molecule has 0 aliphatic heterocycles. The van der Waals surface area contributed by atoms with Crippen molar-refractivity contribution in [3.63, 3.8) is 0 Å². The fourth-order valence-corrected chi connectivity index (χ4v) is 1.50. The number of nitrogens with zero attached hydrogens (tertiary/aromatic N) is 1. The van der Waals surface area contributed by atoms with Crippen LogP contribution in [-0.2, 0) is 9.53 Å². The smallest absolute Gasteiger partial charge is 0.322 e. The molecule has 0 aliphatic rings. The standard InChI is InChI=1S/C14H24N2O2/c1-4-10-16(11-5-2)12-8-7-9-13(15)14(17)18-6-3/h4-5,10-11,13H,1-2,6-9,12,15H2,3H3. The molecule has 0 saturated heterocycles. The van der Waals surface area contributed by atoms with E-state index in [2.05, 4.69) is 13.8 Å². The maximum atomic E-state index is 11.3. The number of hydrogen-bond acceptors (Lipinski definition) is 4. The van der Waals surface area contributed by atoms with Gasteiger partial charge in [0.1, 0.15) is 6.04 Å².